The summed E-state index contributed by atoms with van der Waals surface area (Å²) in [5.41, 5.74) is 3.06. The van der Waals surface area contributed by atoms with Gasteiger partial charge >= 0.3 is 0 Å². The maximum absolute atomic E-state index is 6.53. The summed E-state index contributed by atoms with van der Waals surface area (Å²) >= 11 is 5.65. The Balaban J connectivity index is 1.48. The van der Waals surface area contributed by atoms with Crippen molar-refractivity contribution in [2.24, 2.45) is 11.8 Å². The summed E-state index contributed by atoms with van der Waals surface area (Å²) in [6.07, 6.45) is 6.16. The van der Waals surface area contributed by atoms with E-state index in [4.69, 9.17) is 17.0 Å². The van der Waals surface area contributed by atoms with E-state index in [1.165, 1.54) is 6.42 Å². The molecule has 1 aromatic heterocycles. The Labute approximate surface area is 188 Å². The Morgan fingerprint density at radius 2 is 1.97 bits per heavy atom. The molecule has 3 aliphatic heterocycles. The van der Waals surface area contributed by atoms with Gasteiger partial charge in [0.05, 0.1) is 11.6 Å². The van der Waals surface area contributed by atoms with Crippen LogP contribution in [-0.2, 0) is 4.74 Å². The lowest BCUT2D eigenvalue weighted by atomic mass is 9.73. The van der Waals surface area contributed by atoms with Crippen LogP contribution in [0.2, 0.25) is 0 Å². The second kappa shape index (κ2) is 8.77. The zero-order valence-corrected chi connectivity index (χ0v) is 18.3. The number of nitrogens with zero attached hydrogens (tertiary/aromatic N) is 2. The molecule has 3 aromatic rings. The molecular weight excluding hydrogens is 402 g/mol. The van der Waals surface area contributed by atoms with Crippen LogP contribution >= 0.6 is 12.2 Å². The Morgan fingerprint density at radius 1 is 1.16 bits per heavy atom. The number of pyridine rings is 1. The summed E-state index contributed by atoms with van der Waals surface area (Å²) in [7, 11) is 0. The Bertz CT molecular complexity index is 1080. The first-order valence-electron chi connectivity index (χ1n) is 11.0. The van der Waals surface area contributed by atoms with E-state index in [2.05, 4.69) is 52.1 Å². The number of para-hydroxylation sites is 2. The molecule has 2 bridgehead atoms. The van der Waals surface area contributed by atoms with Gasteiger partial charge in [-0.3, -0.25) is 9.88 Å². The third-order valence-corrected chi connectivity index (χ3v) is 6.95. The fraction of sp³-hybridized carbons (Fsp3) is 0.308. The highest BCUT2D eigenvalue weighted by atomic mass is 32.1. The van der Waals surface area contributed by atoms with Gasteiger partial charge in [0.2, 0.25) is 0 Å². The third kappa shape index (κ3) is 4.08. The minimum absolute atomic E-state index is 0.162. The van der Waals surface area contributed by atoms with Crippen molar-refractivity contribution < 1.29 is 4.74 Å². The molecule has 6 rings (SSSR count). The molecule has 4 heterocycles. The van der Waals surface area contributed by atoms with Gasteiger partial charge in [0.1, 0.15) is 6.10 Å². The summed E-state index contributed by atoms with van der Waals surface area (Å²) in [5.74, 6) is 1.22. The number of rotatable bonds is 5. The molecule has 5 heteroatoms. The van der Waals surface area contributed by atoms with Crippen molar-refractivity contribution in [2.45, 2.75) is 25.0 Å². The Morgan fingerprint density at radius 3 is 2.74 bits per heavy atom. The van der Waals surface area contributed by atoms with E-state index in [0.29, 0.717) is 17.0 Å². The molecule has 0 saturated carbocycles. The summed E-state index contributed by atoms with van der Waals surface area (Å²) < 4.78 is 6.53. The van der Waals surface area contributed by atoms with Gasteiger partial charge in [-0.05, 0) is 67.7 Å². The lowest BCUT2D eigenvalue weighted by Crippen LogP contribution is -2.55. The summed E-state index contributed by atoms with van der Waals surface area (Å²) in [4.78, 5) is 7.13. The highest BCUT2D eigenvalue weighted by Gasteiger charge is 2.44. The van der Waals surface area contributed by atoms with Gasteiger partial charge in [0, 0.05) is 29.4 Å². The number of anilines is 1. The summed E-state index contributed by atoms with van der Waals surface area (Å²) in [6, 6.07) is 20.6. The van der Waals surface area contributed by atoms with Crippen LogP contribution in [0.5, 0.6) is 0 Å². The van der Waals surface area contributed by atoms with Gasteiger partial charge in [0.25, 0.3) is 5.17 Å². The van der Waals surface area contributed by atoms with Crippen LogP contribution in [0.25, 0.3) is 10.9 Å². The lowest BCUT2D eigenvalue weighted by molar-refractivity contribution is -0.0386. The molecule has 2 aromatic carbocycles. The number of hydrogen-bond donors (Lipinski definition) is 1. The second-order valence-electron chi connectivity index (χ2n) is 8.48. The molecule has 0 amide bonds. The van der Waals surface area contributed by atoms with Crippen LogP contribution < -0.4 is 5.32 Å². The SMILES string of the molecule is C=C[C@H]1CN2CC[C@H]1C[C@@H]2[C@@H](OC(=S)Nc1ccccc1)c1ccnc2ccccc12. The average molecular weight is 430 g/mol. The third-order valence-electron chi connectivity index (χ3n) is 6.75. The van der Waals surface area contributed by atoms with Gasteiger partial charge in [-0.15, -0.1) is 6.58 Å². The zero-order chi connectivity index (χ0) is 21.2. The molecule has 1 N–H and O–H groups in total. The van der Waals surface area contributed by atoms with Crippen LogP contribution in [0.4, 0.5) is 5.69 Å². The standard InChI is InChI=1S/C26H27N3OS/c1-2-18-17-29-15-13-19(18)16-24(29)25(30-26(31)28-20-8-4-3-5-9-20)22-12-14-27-23-11-7-6-10-21(22)23/h2-12,14,18-19,24-25H,1,13,15-17H2,(H,28,31)/t18-,19-,24+,25-/m0/s1. The Kier molecular flexibility index (Phi) is 5.70. The van der Waals surface area contributed by atoms with Gasteiger partial charge in [-0.25, -0.2) is 0 Å². The molecule has 0 aliphatic carbocycles. The predicted molar refractivity (Wildman–Crippen MR) is 130 cm³/mol. The van der Waals surface area contributed by atoms with Crippen molar-refractivity contribution in [3.63, 3.8) is 0 Å². The van der Waals surface area contributed by atoms with Crippen LogP contribution in [0.3, 0.4) is 0 Å². The molecule has 3 saturated heterocycles. The summed E-state index contributed by atoms with van der Waals surface area (Å²) in [5, 5.41) is 4.78. The van der Waals surface area contributed by atoms with Crippen molar-refractivity contribution in [3.05, 3.63) is 85.1 Å². The minimum Gasteiger partial charge on any atom is -0.461 e. The van der Waals surface area contributed by atoms with Crippen molar-refractivity contribution in [1.29, 1.82) is 0 Å². The predicted octanol–water partition coefficient (Wildman–Crippen LogP) is 5.59. The smallest absolute Gasteiger partial charge is 0.261 e. The van der Waals surface area contributed by atoms with Crippen molar-refractivity contribution in [2.75, 3.05) is 18.4 Å². The Hall–Kier alpha value is -2.76. The maximum atomic E-state index is 6.53. The molecule has 158 valence electrons. The maximum Gasteiger partial charge on any atom is 0.261 e. The number of piperidine rings is 3. The van der Waals surface area contributed by atoms with E-state index in [0.717, 1.165) is 41.7 Å². The van der Waals surface area contributed by atoms with Gasteiger partial charge in [0.15, 0.2) is 0 Å². The number of hydrogen-bond acceptors (Lipinski definition) is 4. The van der Waals surface area contributed by atoms with Gasteiger partial charge in [-0.2, -0.15) is 0 Å². The second-order valence-corrected chi connectivity index (χ2v) is 8.85. The first-order valence-corrected chi connectivity index (χ1v) is 11.4. The normalized spacial score (nSPS) is 25.7. The van der Waals surface area contributed by atoms with Crippen molar-refractivity contribution in [1.82, 2.24) is 9.88 Å². The molecule has 0 spiro atoms. The van der Waals surface area contributed by atoms with E-state index in [1.807, 2.05) is 42.6 Å². The minimum atomic E-state index is -0.162. The number of fused-ring (bicyclic) bond motifs is 4. The zero-order valence-electron chi connectivity index (χ0n) is 17.5. The van der Waals surface area contributed by atoms with Crippen molar-refractivity contribution >= 4 is 34.0 Å². The monoisotopic (exact) mass is 429 g/mol. The number of thiocarbonyl (C=S) groups is 1. The fourth-order valence-electron chi connectivity index (χ4n) is 5.19. The molecule has 4 nitrogen and oxygen atoms in total. The molecule has 0 radical (unpaired) electrons. The first-order chi connectivity index (χ1) is 15.2. The van der Waals surface area contributed by atoms with E-state index in [9.17, 15) is 0 Å². The fourth-order valence-corrected chi connectivity index (χ4v) is 5.41. The highest BCUT2D eigenvalue weighted by molar-refractivity contribution is 7.80. The molecular formula is C26H27N3OS. The number of benzene rings is 2. The highest BCUT2D eigenvalue weighted by Crippen LogP contribution is 2.43. The molecule has 5 atom stereocenters. The van der Waals surface area contributed by atoms with Crippen LogP contribution in [-0.4, -0.2) is 34.2 Å². The first kappa shape index (κ1) is 20.2. The van der Waals surface area contributed by atoms with Gasteiger partial charge in [-0.1, -0.05) is 42.5 Å². The van der Waals surface area contributed by atoms with E-state index >= 15 is 0 Å². The number of aromatic nitrogens is 1. The summed E-state index contributed by atoms with van der Waals surface area (Å²) in [6.45, 7) is 6.21. The van der Waals surface area contributed by atoms with E-state index in [1.54, 1.807) is 0 Å². The van der Waals surface area contributed by atoms with E-state index in [-0.39, 0.29) is 12.1 Å². The van der Waals surface area contributed by atoms with E-state index < -0.39 is 0 Å². The van der Waals surface area contributed by atoms with Crippen molar-refractivity contribution in [3.8, 4) is 0 Å². The average Bonchev–Trinajstić information content (AvgIpc) is 2.83. The number of ether oxygens (including phenoxy) is 1. The van der Waals surface area contributed by atoms with Crippen LogP contribution in [0, 0.1) is 11.8 Å². The molecule has 31 heavy (non-hydrogen) atoms. The lowest BCUT2D eigenvalue weighted by Gasteiger charge is -2.51. The molecule has 3 aliphatic rings. The van der Waals surface area contributed by atoms with Crippen LogP contribution in [0.15, 0.2) is 79.5 Å². The number of nitrogens with one attached hydrogen (secondary N) is 1. The molecule has 3 fully saturated rings. The topological polar surface area (TPSA) is 37.4 Å². The van der Waals surface area contributed by atoms with Crippen LogP contribution in [0.1, 0.15) is 24.5 Å². The molecule has 1 unspecified atom stereocenters. The van der Waals surface area contributed by atoms with Gasteiger partial charge < -0.3 is 10.1 Å². The quantitative estimate of drug-likeness (QED) is 0.423. The largest absolute Gasteiger partial charge is 0.461 e.